The first-order valence-corrected chi connectivity index (χ1v) is 6.21. The van der Waals surface area contributed by atoms with E-state index in [1.165, 1.54) is 12.1 Å². The molecule has 0 radical (unpaired) electrons. The maximum absolute atomic E-state index is 13.5. The van der Waals surface area contributed by atoms with Crippen molar-refractivity contribution in [2.24, 2.45) is 0 Å². The first-order chi connectivity index (χ1) is 9.99. The van der Waals surface area contributed by atoms with E-state index in [1.807, 2.05) is 13.0 Å². The number of aryl methyl sites for hydroxylation is 1. The van der Waals surface area contributed by atoms with E-state index in [9.17, 15) is 14.0 Å². The largest absolute Gasteiger partial charge is 0.478 e. The van der Waals surface area contributed by atoms with Crippen LogP contribution in [0.25, 0.3) is 0 Å². The first kappa shape index (κ1) is 14.6. The lowest BCUT2D eigenvalue weighted by Crippen LogP contribution is -2.18. The minimum Gasteiger partial charge on any atom is -0.478 e. The fraction of sp³-hybridized carbons (Fsp3) is 0.133. The van der Waals surface area contributed by atoms with E-state index in [4.69, 9.17) is 5.11 Å². The number of amides is 1. The third-order valence-corrected chi connectivity index (χ3v) is 2.95. The molecule has 2 rings (SSSR count). The number of rotatable bonds is 4. The van der Waals surface area contributed by atoms with Crippen LogP contribution >= 0.6 is 0 Å². The summed E-state index contributed by atoms with van der Waals surface area (Å²) in [6.45, 7) is 1.82. The van der Waals surface area contributed by atoms with Gasteiger partial charge in [-0.05, 0) is 30.7 Å². The molecule has 1 amide bonds. The highest BCUT2D eigenvalue weighted by Crippen LogP contribution is 2.19. The molecule has 2 aromatic rings. The van der Waals surface area contributed by atoms with Crippen molar-refractivity contribution in [3.05, 3.63) is 59.2 Å². The summed E-state index contributed by atoms with van der Waals surface area (Å²) in [6, 6.07) is 7.29. The van der Waals surface area contributed by atoms with Gasteiger partial charge in [-0.3, -0.25) is 9.78 Å². The van der Waals surface area contributed by atoms with Gasteiger partial charge in [-0.15, -0.1) is 0 Å². The molecule has 21 heavy (non-hydrogen) atoms. The van der Waals surface area contributed by atoms with Crippen molar-refractivity contribution in [3.63, 3.8) is 0 Å². The highest BCUT2D eigenvalue weighted by Gasteiger charge is 2.17. The molecule has 0 saturated carbocycles. The van der Waals surface area contributed by atoms with Crippen molar-refractivity contribution in [3.8, 4) is 0 Å². The number of nitrogens with one attached hydrogen (secondary N) is 1. The standard InChI is InChI=1S/C15H13FN2O3/c1-9-4-3-7-17-12(9)8-13(19)18-11-6-2-5-10(16)14(11)15(20)21/h2-7H,8H2,1H3,(H,18,19)(H,20,21). The summed E-state index contributed by atoms with van der Waals surface area (Å²) < 4.78 is 13.5. The number of halogens is 1. The summed E-state index contributed by atoms with van der Waals surface area (Å²) in [7, 11) is 0. The average Bonchev–Trinajstić information content (AvgIpc) is 2.41. The quantitative estimate of drug-likeness (QED) is 0.905. The first-order valence-electron chi connectivity index (χ1n) is 6.21. The Morgan fingerprint density at radius 1 is 1.29 bits per heavy atom. The molecular weight excluding hydrogens is 275 g/mol. The molecule has 2 N–H and O–H groups in total. The van der Waals surface area contributed by atoms with Crippen LogP contribution in [0.5, 0.6) is 0 Å². The summed E-state index contributed by atoms with van der Waals surface area (Å²) in [4.78, 5) is 27.1. The van der Waals surface area contributed by atoms with Gasteiger partial charge in [0.2, 0.25) is 5.91 Å². The number of benzene rings is 1. The number of pyridine rings is 1. The van der Waals surface area contributed by atoms with Crippen LogP contribution in [-0.2, 0) is 11.2 Å². The molecule has 0 aliphatic carbocycles. The van der Waals surface area contributed by atoms with Gasteiger partial charge < -0.3 is 10.4 Å². The number of carboxylic acid groups (broad SMARTS) is 1. The van der Waals surface area contributed by atoms with E-state index in [2.05, 4.69) is 10.3 Å². The molecule has 0 aliphatic heterocycles. The maximum Gasteiger partial charge on any atom is 0.340 e. The SMILES string of the molecule is Cc1cccnc1CC(=O)Nc1cccc(F)c1C(=O)O. The van der Waals surface area contributed by atoms with Crippen molar-refractivity contribution in [1.82, 2.24) is 4.98 Å². The number of hydrogen-bond acceptors (Lipinski definition) is 3. The normalized spacial score (nSPS) is 10.2. The van der Waals surface area contributed by atoms with Gasteiger partial charge in [0.05, 0.1) is 17.8 Å². The van der Waals surface area contributed by atoms with Crippen LogP contribution < -0.4 is 5.32 Å². The van der Waals surface area contributed by atoms with E-state index in [-0.39, 0.29) is 12.1 Å². The smallest absolute Gasteiger partial charge is 0.340 e. The monoisotopic (exact) mass is 288 g/mol. The number of hydrogen-bond donors (Lipinski definition) is 2. The molecule has 0 bridgehead atoms. The second-order valence-electron chi connectivity index (χ2n) is 4.46. The molecule has 1 heterocycles. The van der Waals surface area contributed by atoms with E-state index in [0.29, 0.717) is 5.69 Å². The maximum atomic E-state index is 13.5. The van der Waals surface area contributed by atoms with Crippen LogP contribution in [0.2, 0.25) is 0 Å². The topological polar surface area (TPSA) is 79.3 Å². The van der Waals surface area contributed by atoms with Crippen LogP contribution in [0.3, 0.4) is 0 Å². The van der Waals surface area contributed by atoms with Gasteiger partial charge in [0.1, 0.15) is 11.4 Å². The number of aromatic nitrogens is 1. The minimum absolute atomic E-state index is 0.0117. The lowest BCUT2D eigenvalue weighted by atomic mass is 10.1. The second kappa shape index (κ2) is 6.13. The Morgan fingerprint density at radius 3 is 2.71 bits per heavy atom. The molecule has 0 unspecified atom stereocenters. The molecule has 0 atom stereocenters. The van der Waals surface area contributed by atoms with E-state index in [0.717, 1.165) is 11.6 Å². The van der Waals surface area contributed by atoms with Gasteiger partial charge in [0.25, 0.3) is 0 Å². The lowest BCUT2D eigenvalue weighted by Gasteiger charge is -2.09. The van der Waals surface area contributed by atoms with Gasteiger partial charge in [0.15, 0.2) is 0 Å². The molecular formula is C15H13FN2O3. The third kappa shape index (κ3) is 3.42. The summed E-state index contributed by atoms with van der Waals surface area (Å²) in [5, 5.41) is 11.4. The van der Waals surface area contributed by atoms with E-state index in [1.54, 1.807) is 12.3 Å². The molecule has 6 heteroatoms. The van der Waals surface area contributed by atoms with Gasteiger partial charge in [-0.1, -0.05) is 12.1 Å². The number of carboxylic acids is 1. The molecule has 0 saturated heterocycles. The molecule has 0 spiro atoms. The molecule has 108 valence electrons. The van der Waals surface area contributed by atoms with Crippen molar-refractivity contribution in [2.45, 2.75) is 13.3 Å². The van der Waals surface area contributed by atoms with Gasteiger partial charge in [-0.25, -0.2) is 9.18 Å². The highest BCUT2D eigenvalue weighted by atomic mass is 19.1. The lowest BCUT2D eigenvalue weighted by molar-refractivity contribution is -0.115. The Balaban J connectivity index is 2.19. The number of nitrogens with zero attached hydrogens (tertiary/aromatic N) is 1. The number of aromatic carboxylic acids is 1. The number of anilines is 1. The predicted molar refractivity (Wildman–Crippen MR) is 74.7 cm³/mol. The van der Waals surface area contributed by atoms with Crippen molar-refractivity contribution < 1.29 is 19.1 Å². The molecule has 1 aromatic heterocycles. The Labute approximate surface area is 120 Å². The summed E-state index contributed by atoms with van der Waals surface area (Å²) in [6.07, 6.45) is 1.56. The van der Waals surface area contributed by atoms with Crippen LogP contribution in [0.1, 0.15) is 21.6 Å². The molecule has 5 nitrogen and oxygen atoms in total. The van der Waals surface area contributed by atoms with E-state index >= 15 is 0 Å². The zero-order valence-electron chi connectivity index (χ0n) is 11.3. The van der Waals surface area contributed by atoms with Gasteiger partial charge in [0, 0.05) is 6.20 Å². The highest BCUT2D eigenvalue weighted by molar-refractivity contribution is 6.01. The number of carbonyl (C=O) groups excluding carboxylic acids is 1. The van der Waals surface area contributed by atoms with Crippen LogP contribution in [-0.4, -0.2) is 22.0 Å². The Bertz CT molecular complexity index is 701. The van der Waals surface area contributed by atoms with Crippen molar-refractivity contribution in [2.75, 3.05) is 5.32 Å². The van der Waals surface area contributed by atoms with Crippen LogP contribution in [0, 0.1) is 12.7 Å². The zero-order valence-corrected chi connectivity index (χ0v) is 11.3. The summed E-state index contributed by atoms with van der Waals surface area (Å²) in [5.41, 5.74) is 0.818. The molecule has 0 aliphatic rings. The second-order valence-corrected chi connectivity index (χ2v) is 4.46. The van der Waals surface area contributed by atoms with Crippen molar-refractivity contribution in [1.29, 1.82) is 0 Å². The fourth-order valence-corrected chi connectivity index (χ4v) is 1.90. The average molecular weight is 288 g/mol. The molecule has 0 fully saturated rings. The van der Waals surface area contributed by atoms with Crippen molar-refractivity contribution >= 4 is 17.6 Å². The summed E-state index contributed by atoms with van der Waals surface area (Å²) >= 11 is 0. The number of carbonyl (C=O) groups is 2. The van der Waals surface area contributed by atoms with Gasteiger partial charge >= 0.3 is 5.97 Å². The van der Waals surface area contributed by atoms with Crippen LogP contribution in [0.15, 0.2) is 36.5 Å². The Hall–Kier alpha value is -2.76. The zero-order chi connectivity index (χ0) is 15.4. The minimum atomic E-state index is -1.43. The van der Waals surface area contributed by atoms with E-state index < -0.39 is 23.3 Å². The summed E-state index contributed by atoms with van der Waals surface area (Å²) in [5.74, 6) is -2.78. The Morgan fingerprint density at radius 2 is 2.05 bits per heavy atom. The fourth-order valence-electron chi connectivity index (χ4n) is 1.90. The van der Waals surface area contributed by atoms with Crippen LogP contribution in [0.4, 0.5) is 10.1 Å². The third-order valence-electron chi connectivity index (χ3n) is 2.95. The van der Waals surface area contributed by atoms with Gasteiger partial charge in [-0.2, -0.15) is 0 Å². The molecule has 1 aromatic carbocycles. The Kier molecular flexibility index (Phi) is 4.27. The predicted octanol–water partition coefficient (Wildman–Crippen LogP) is 2.41.